The number of ketones is 1. The number of hydrogen-bond acceptors (Lipinski definition) is 5. The first kappa shape index (κ1) is 23.3. The molecule has 0 aromatic heterocycles. The van der Waals surface area contributed by atoms with E-state index in [0.717, 1.165) is 58.3 Å². The molecule has 2 fully saturated rings. The molecule has 162 valence electrons. The van der Waals surface area contributed by atoms with Crippen LogP contribution in [0.25, 0.3) is 0 Å². The Labute approximate surface area is 170 Å². The minimum Gasteiger partial charge on any atom is -0.379 e. The summed E-state index contributed by atoms with van der Waals surface area (Å²) in [6.07, 6.45) is 6.49. The van der Waals surface area contributed by atoms with Gasteiger partial charge < -0.3 is 19.3 Å². The fourth-order valence-corrected chi connectivity index (χ4v) is 4.20. The SMILES string of the molecule is CCC(=O)C1CCN(C2CCN(C(=O)CCOCCOC(C)CC)CC2)CC1. The molecule has 2 aliphatic rings. The molecular formula is C22H40N2O4. The summed E-state index contributed by atoms with van der Waals surface area (Å²) >= 11 is 0. The molecule has 1 unspecified atom stereocenters. The van der Waals surface area contributed by atoms with Crippen molar-refractivity contribution in [1.29, 1.82) is 0 Å². The van der Waals surface area contributed by atoms with Gasteiger partial charge in [-0.2, -0.15) is 0 Å². The van der Waals surface area contributed by atoms with Crippen LogP contribution in [-0.2, 0) is 19.1 Å². The van der Waals surface area contributed by atoms with Crippen molar-refractivity contribution < 1.29 is 19.1 Å². The number of ether oxygens (including phenoxy) is 2. The van der Waals surface area contributed by atoms with E-state index in [1.54, 1.807) is 0 Å². The van der Waals surface area contributed by atoms with Gasteiger partial charge in [-0.3, -0.25) is 9.59 Å². The highest BCUT2D eigenvalue weighted by Gasteiger charge is 2.30. The van der Waals surface area contributed by atoms with Gasteiger partial charge in [-0.25, -0.2) is 0 Å². The average molecular weight is 397 g/mol. The predicted octanol–water partition coefficient (Wildman–Crippen LogP) is 2.89. The number of nitrogens with zero attached hydrogens (tertiary/aromatic N) is 2. The van der Waals surface area contributed by atoms with Crippen LogP contribution in [0.2, 0.25) is 0 Å². The first-order valence-electron chi connectivity index (χ1n) is 11.3. The van der Waals surface area contributed by atoms with Gasteiger partial charge >= 0.3 is 0 Å². The zero-order valence-electron chi connectivity index (χ0n) is 18.2. The molecule has 0 aromatic rings. The number of amides is 1. The molecule has 0 saturated carbocycles. The second kappa shape index (κ2) is 12.6. The van der Waals surface area contributed by atoms with E-state index in [9.17, 15) is 9.59 Å². The van der Waals surface area contributed by atoms with Crippen molar-refractivity contribution in [1.82, 2.24) is 9.80 Å². The van der Waals surface area contributed by atoms with Gasteiger partial charge in [0.15, 0.2) is 0 Å². The van der Waals surface area contributed by atoms with Crippen LogP contribution >= 0.6 is 0 Å². The highest BCUT2D eigenvalue weighted by Crippen LogP contribution is 2.25. The van der Waals surface area contributed by atoms with E-state index in [1.807, 2.05) is 11.8 Å². The fraction of sp³-hybridized carbons (Fsp3) is 0.909. The third-order valence-corrected chi connectivity index (χ3v) is 6.33. The van der Waals surface area contributed by atoms with Gasteiger partial charge in [0.25, 0.3) is 0 Å². The van der Waals surface area contributed by atoms with Gasteiger partial charge in [0.05, 0.1) is 32.3 Å². The van der Waals surface area contributed by atoms with Crippen molar-refractivity contribution in [3.8, 4) is 0 Å². The molecule has 2 saturated heterocycles. The average Bonchev–Trinajstić information content (AvgIpc) is 2.75. The second-order valence-electron chi connectivity index (χ2n) is 8.19. The van der Waals surface area contributed by atoms with E-state index in [-0.39, 0.29) is 17.9 Å². The first-order chi connectivity index (χ1) is 13.5. The predicted molar refractivity (Wildman–Crippen MR) is 110 cm³/mol. The van der Waals surface area contributed by atoms with E-state index >= 15 is 0 Å². The number of rotatable bonds is 11. The van der Waals surface area contributed by atoms with Crippen LogP contribution < -0.4 is 0 Å². The summed E-state index contributed by atoms with van der Waals surface area (Å²) in [6.45, 7) is 11.5. The van der Waals surface area contributed by atoms with E-state index < -0.39 is 0 Å². The van der Waals surface area contributed by atoms with Crippen LogP contribution in [0.1, 0.15) is 65.7 Å². The van der Waals surface area contributed by atoms with Crippen LogP contribution in [0, 0.1) is 5.92 Å². The fourth-order valence-electron chi connectivity index (χ4n) is 4.20. The van der Waals surface area contributed by atoms with Crippen LogP contribution in [0.4, 0.5) is 0 Å². The molecule has 0 radical (unpaired) electrons. The van der Waals surface area contributed by atoms with E-state index in [1.165, 1.54) is 0 Å². The molecule has 0 N–H and O–H groups in total. The minimum absolute atomic E-state index is 0.202. The van der Waals surface area contributed by atoms with Crippen molar-refractivity contribution in [2.75, 3.05) is 46.0 Å². The Bertz CT molecular complexity index is 469. The third-order valence-electron chi connectivity index (χ3n) is 6.33. The Morgan fingerprint density at radius 3 is 2.25 bits per heavy atom. The van der Waals surface area contributed by atoms with Gasteiger partial charge in [-0.15, -0.1) is 0 Å². The van der Waals surface area contributed by atoms with Gasteiger partial charge in [-0.1, -0.05) is 13.8 Å². The van der Waals surface area contributed by atoms with E-state index in [2.05, 4.69) is 18.7 Å². The van der Waals surface area contributed by atoms with Crippen molar-refractivity contribution in [3.05, 3.63) is 0 Å². The summed E-state index contributed by atoms with van der Waals surface area (Å²) in [5.41, 5.74) is 0. The molecule has 0 bridgehead atoms. The maximum atomic E-state index is 12.4. The van der Waals surface area contributed by atoms with Gasteiger partial charge in [-0.05, 0) is 52.1 Å². The molecule has 0 spiro atoms. The third kappa shape index (κ3) is 7.45. The molecular weight excluding hydrogens is 356 g/mol. The van der Waals surface area contributed by atoms with Crippen LogP contribution in [0.3, 0.4) is 0 Å². The zero-order chi connectivity index (χ0) is 20.4. The molecule has 2 rings (SSSR count). The largest absolute Gasteiger partial charge is 0.379 e. The molecule has 0 aliphatic carbocycles. The first-order valence-corrected chi connectivity index (χ1v) is 11.3. The molecule has 1 atom stereocenters. The number of piperidine rings is 2. The standard InChI is InChI=1S/C22H40N2O4/c1-4-18(3)28-17-16-27-15-10-22(26)24-13-8-20(9-14-24)23-11-6-19(7-12-23)21(25)5-2/h18-20H,4-17H2,1-3H3. The van der Waals surface area contributed by atoms with Crippen molar-refractivity contribution in [3.63, 3.8) is 0 Å². The Morgan fingerprint density at radius 1 is 0.964 bits per heavy atom. The number of hydrogen-bond donors (Lipinski definition) is 0. The summed E-state index contributed by atoms with van der Waals surface area (Å²) in [6, 6.07) is 0.565. The summed E-state index contributed by atoms with van der Waals surface area (Å²) in [5, 5.41) is 0. The van der Waals surface area contributed by atoms with E-state index in [4.69, 9.17) is 9.47 Å². The van der Waals surface area contributed by atoms with Gasteiger partial charge in [0, 0.05) is 31.5 Å². The number of Topliss-reactive ketones (excluding diaryl/α,β-unsaturated/α-hetero) is 1. The molecule has 2 aliphatic heterocycles. The topological polar surface area (TPSA) is 59.1 Å². The van der Waals surface area contributed by atoms with Crippen LogP contribution in [-0.4, -0.2) is 79.6 Å². The highest BCUT2D eigenvalue weighted by atomic mass is 16.5. The summed E-state index contributed by atoms with van der Waals surface area (Å²) in [4.78, 5) is 28.8. The Kier molecular flexibility index (Phi) is 10.4. The lowest BCUT2D eigenvalue weighted by Crippen LogP contribution is -2.49. The Balaban J connectivity index is 1.56. The van der Waals surface area contributed by atoms with Crippen molar-refractivity contribution in [2.24, 2.45) is 5.92 Å². The Morgan fingerprint density at radius 2 is 1.64 bits per heavy atom. The van der Waals surface area contributed by atoms with Crippen molar-refractivity contribution >= 4 is 11.7 Å². The lowest BCUT2D eigenvalue weighted by molar-refractivity contribution is -0.134. The van der Waals surface area contributed by atoms with Gasteiger partial charge in [0.1, 0.15) is 5.78 Å². The van der Waals surface area contributed by atoms with Crippen molar-refractivity contribution in [2.45, 2.75) is 77.9 Å². The number of likely N-dealkylation sites (tertiary alicyclic amines) is 2. The number of carbonyl (C=O) groups is 2. The van der Waals surface area contributed by atoms with Crippen LogP contribution in [0.5, 0.6) is 0 Å². The summed E-state index contributed by atoms with van der Waals surface area (Å²) < 4.78 is 11.1. The van der Waals surface area contributed by atoms with Gasteiger partial charge in [0.2, 0.25) is 5.91 Å². The lowest BCUT2D eigenvalue weighted by Gasteiger charge is -2.41. The zero-order valence-corrected chi connectivity index (χ0v) is 18.2. The quantitative estimate of drug-likeness (QED) is 0.503. The molecule has 1 amide bonds. The maximum Gasteiger partial charge on any atom is 0.224 e. The van der Waals surface area contributed by atoms with E-state index in [0.29, 0.717) is 44.5 Å². The Hall–Kier alpha value is -0.980. The molecule has 28 heavy (non-hydrogen) atoms. The molecule has 2 heterocycles. The monoisotopic (exact) mass is 396 g/mol. The molecule has 6 heteroatoms. The smallest absolute Gasteiger partial charge is 0.224 e. The van der Waals surface area contributed by atoms with Crippen LogP contribution in [0.15, 0.2) is 0 Å². The lowest BCUT2D eigenvalue weighted by atomic mass is 9.89. The molecule has 6 nitrogen and oxygen atoms in total. The highest BCUT2D eigenvalue weighted by molar-refractivity contribution is 5.80. The summed E-state index contributed by atoms with van der Waals surface area (Å²) in [5.74, 6) is 0.903. The normalized spacial score (nSPS) is 21.0. The second-order valence-corrected chi connectivity index (χ2v) is 8.19. The maximum absolute atomic E-state index is 12.4. The number of carbonyl (C=O) groups excluding carboxylic acids is 2. The minimum atomic E-state index is 0.202. The summed E-state index contributed by atoms with van der Waals surface area (Å²) in [7, 11) is 0. The molecule has 0 aromatic carbocycles.